The van der Waals surface area contributed by atoms with Crippen LogP contribution < -0.4 is 10.9 Å². The molecule has 1 aromatic rings. The molecule has 0 saturated heterocycles. The summed E-state index contributed by atoms with van der Waals surface area (Å²) in [6.07, 6.45) is 2.42. The third-order valence-electron chi connectivity index (χ3n) is 2.31. The van der Waals surface area contributed by atoms with Crippen LogP contribution in [-0.4, -0.2) is 28.4 Å². The van der Waals surface area contributed by atoms with E-state index in [-0.39, 0.29) is 17.5 Å². The molecule has 1 heterocycles. The molecule has 0 aliphatic carbocycles. The van der Waals surface area contributed by atoms with E-state index in [0.717, 1.165) is 17.9 Å². The summed E-state index contributed by atoms with van der Waals surface area (Å²) in [5, 5.41) is 2.88. The van der Waals surface area contributed by atoms with E-state index in [9.17, 15) is 9.59 Å². The van der Waals surface area contributed by atoms with Gasteiger partial charge in [0.05, 0.1) is 0 Å². The number of thioether (sulfide) groups is 1. The van der Waals surface area contributed by atoms with E-state index < -0.39 is 0 Å². The zero-order valence-electron chi connectivity index (χ0n) is 10.2. The van der Waals surface area contributed by atoms with Crippen LogP contribution in [0, 0.1) is 0 Å². The number of H-pyrrole nitrogens is 1. The molecule has 0 aromatic carbocycles. The van der Waals surface area contributed by atoms with Gasteiger partial charge in [-0.15, -0.1) is 0 Å². The van der Waals surface area contributed by atoms with Gasteiger partial charge in [-0.25, -0.2) is 0 Å². The van der Waals surface area contributed by atoms with Crippen LogP contribution in [-0.2, 0) is 0 Å². The Hall–Kier alpha value is -1.23. The van der Waals surface area contributed by atoms with Crippen LogP contribution in [0.15, 0.2) is 23.1 Å². The number of carbonyl (C=O) groups excluding carboxylic acids is 1. The SMILES string of the molecule is CCSCCC(C)NC(=O)c1cc[nH]c(=O)c1. The number of carbonyl (C=O) groups is 1. The number of rotatable bonds is 6. The van der Waals surface area contributed by atoms with Crippen molar-refractivity contribution in [1.82, 2.24) is 10.3 Å². The average molecular weight is 254 g/mol. The van der Waals surface area contributed by atoms with Crippen molar-refractivity contribution in [1.29, 1.82) is 0 Å². The molecule has 17 heavy (non-hydrogen) atoms. The van der Waals surface area contributed by atoms with E-state index in [0.29, 0.717) is 5.56 Å². The summed E-state index contributed by atoms with van der Waals surface area (Å²) in [6.45, 7) is 4.09. The molecule has 1 unspecified atom stereocenters. The Labute approximate surface area is 105 Å². The second-order valence-corrected chi connectivity index (χ2v) is 5.20. The molecule has 1 aromatic heterocycles. The molecule has 1 rings (SSSR count). The van der Waals surface area contributed by atoms with Crippen molar-refractivity contribution >= 4 is 17.7 Å². The van der Waals surface area contributed by atoms with Gasteiger partial charge < -0.3 is 10.3 Å². The summed E-state index contributed by atoms with van der Waals surface area (Å²) in [5.41, 5.74) is 0.149. The van der Waals surface area contributed by atoms with Gasteiger partial charge in [0.2, 0.25) is 5.56 Å². The van der Waals surface area contributed by atoms with Crippen LogP contribution in [0.1, 0.15) is 30.6 Å². The molecule has 1 atom stereocenters. The Morgan fingerprint density at radius 3 is 3.00 bits per heavy atom. The second-order valence-electron chi connectivity index (χ2n) is 3.80. The largest absolute Gasteiger partial charge is 0.350 e. The van der Waals surface area contributed by atoms with Crippen molar-refractivity contribution in [2.24, 2.45) is 0 Å². The van der Waals surface area contributed by atoms with Gasteiger partial charge in [0.25, 0.3) is 5.91 Å². The number of pyridine rings is 1. The van der Waals surface area contributed by atoms with E-state index in [2.05, 4.69) is 17.2 Å². The van der Waals surface area contributed by atoms with Crippen molar-refractivity contribution in [2.75, 3.05) is 11.5 Å². The van der Waals surface area contributed by atoms with E-state index in [1.165, 1.54) is 12.3 Å². The van der Waals surface area contributed by atoms with Gasteiger partial charge in [-0.05, 0) is 30.9 Å². The summed E-state index contributed by atoms with van der Waals surface area (Å²) < 4.78 is 0. The minimum atomic E-state index is -0.258. The Bertz CT molecular complexity index is 417. The predicted molar refractivity (Wildman–Crippen MR) is 71.6 cm³/mol. The number of hydrogen-bond acceptors (Lipinski definition) is 3. The Balaban J connectivity index is 2.46. The molecular formula is C12H18N2O2S. The maximum absolute atomic E-state index is 11.8. The fraction of sp³-hybridized carbons (Fsp3) is 0.500. The zero-order chi connectivity index (χ0) is 12.7. The lowest BCUT2D eigenvalue weighted by Crippen LogP contribution is -2.33. The molecule has 94 valence electrons. The molecule has 0 aliphatic heterocycles. The zero-order valence-corrected chi connectivity index (χ0v) is 11.0. The molecule has 2 N–H and O–H groups in total. The molecule has 4 nitrogen and oxygen atoms in total. The quantitative estimate of drug-likeness (QED) is 0.759. The van der Waals surface area contributed by atoms with Crippen molar-refractivity contribution in [3.05, 3.63) is 34.2 Å². The summed E-state index contributed by atoms with van der Waals surface area (Å²) >= 11 is 1.86. The van der Waals surface area contributed by atoms with Crippen LogP contribution in [0.5, 0.6) is 0 Å². The topological polar surface area (TPSA) is 62.0 Å². The first-order chi connectivity index (χ1) is 8.13. The molecule has 0 saturated carbocycles. The van der Waals surface area contributed by atoms with Crippen molar-refractivity contribution in [3.8, 4) is 0 Å². The average Bonchev–Trinajstić information content (AvgIpc) is 2.29. The summed E-state index contributed by atoms with van der Waals surface area (Å²) in [6, 6.07) is 3.04. The molecule has 0 aliphatic rings. The van der Waals surface area contributed by atoms with Gasteiger partial charge in [-0.2, -0.15) is 11.8 Å². The molecule has 0 spiro atoms. The number of nitrogens with one attached hydrogen (secondary N) is 2. The van der Waals surface area contributed by atoms with Crippen molar-refractivity contribution in [2.45, 2.75) is 26.3 Å². The van der Waals surface area contributed by atoms with Gasteiger partial charge in [0, 0.05) is 23.9 Å². The minimum absolute atomic E-state index is 0.126. The van der Waals surface area contributed by atoms with Crippen LogP contribution >= 0.6 is 11.8 Å². The summed E-state index contributed by atoms with van der Waals surface area (Å²) in [7, 11) is 0. The standard InChI is InChI=1S/C12H18N2O2S/c1-3-17-7-5-9(2)14-12(16)10-4-6-13-11(15)8-10/h4,6,8-9H,3,5,7H2,1-2H3,(H,13,15)(H,14,16). The molecular weight excluding hydrogens is 236 g/mol. The summed E-state index contributed by atoms with van der Waals surface area (Å²) in [5.74, 6) is 1.94. The van der Waals surface area contributed by atoms with Crippen LogP contribution in [0.2, 0.25) is 0 Å². The Kier molecular flexibility index (Phi) is 5.83. The lowest BCUT2D eigenvalue weighted by Gasteiger charge is -2.13. The predicted octanol–water partition coefficient (Wildman–Crippen LogP) is 1.64. The normalized spacial score (nSPS) is 12.1. The van der Waals surface area contributed by atoms with Gasteiger partial charge in [0.1, 0.15) is 0 Å². The first-order valence-electron chi connectivity index (χ1n) is 5.71. The third kappa shape index (κ3) is 5.08. The van der Waals surface area contributed by atoms with Gasteiger partial charge >= 0.3 is 0 Å². The molecule has 0 radical (unpaired) electrons. The van der Waals surface area contributed by atoms with Gasteiger partial charge in [-0.3, -0.25) is 9.59 Å². The van der Waals surface area contributed by atoms with Crippen molar-refractivity contribution in [3.63, 3.8) is 0 Å². The first kappa shape index (κ1) is 13.8. The molecule has 0 bridgehead atoms. The lowest BCUT2D eigenvalue weighted by molar-refractivity contribution is 0.0939. The first-order valence-corrected chi connectivity index (χ1v) is 6.86. The fourth-order valence-electron chi connectivity index (χ4n) is 1.37. The van der Waals surface area contributed by atoms with Crippen LogP contribution in [0.3, 0.4) is 0 Å². The monoisotopic (exact) mass is 254 g/mol. The third-order valence-corrected chi connectivity index (χ3v) is 3.25. The lowest BCUT2D eigenvalue weighted by atomic mass is 10.2. The highest BCUT2D eigenvalue weighted by molar-refractivity contribution is 7.99. The fourth-order valence-corrected chi connectivity index (χ4v) is 2.18. The Morgan fingerprint density at radius 2 is 2.35 bits per heavy atom. The van der Waals surface area contributed by atoms with E-state index in [1.54, 1.807) is 6.07 Å². The maximum Gasteiger partial charge on any atom is 0.251 e. The van der Waals surface area contributed by atoms with E-state index in [4.69, 9.17) is 0 Å². The number of aromatic amines is 1. The number of amides is 1. The number of hydrogen-bond donors (Lipinski definition) is 2. The molecule has 0 fully saturated rings. The highest BCUT2D eigenvalue weighted by Gasteiger charge is 2.09. The van der Waals surface area contributed by atoms with Gasteiger partial charge in [-0.1, -0.05) is 6.92 Å². The molecule has 1 amide bonds. The summed E-state index contributed by atoms with van der Waals surface area (Å²) in [4.78, 5) is 25.3. The van der Waals surface area contributed by atoms with E-state index in [1.807, 2.05) is 18.7 Å². The molecule has 5 heteroatoms. The van der Waals surface area contributed by atoms with Crippen molar-refractivity contribution < 1.29 is 4.79 Å². The van der Waals surface area contributed by atoms with Crippen LogP contribution in [0.4, 0.5) is 0 Å². The minimum Gasteiger partial charge on any atom is -0.350 e. The number of aromatic nitrogens is 1. The Morgan fingerprint density at radius 1 is 1.59 bits per heavy atom. The second kappa shape index (κ2) is 7.17. The van der Waals surface area contributed by atoms with E-state index >= 15 is 0 Å². The van der Waals surface area contributed by atoms with Gasteiger partial charge in [0.15, 0.2) is 0 Å². The van der Waals surface area contributed by atoms with Crippen LogP contribution in [0.25, 0.3) is 0 Å². The highest BCUT2D eigenvalue weighted by atomic mass is 32.2. The maximum atomic E-state index is 11.8. The highest BCUT2D eigenvalue weighted by Crippen LogP contribution is 2.04. The smallest absolute Gasteiger partial charge is 0.251 e.